The molecule has 16 heavy (non-hydrogen) atoms. The number of halogens is 4. The molecule has 1 aliphatic carbocycles. The Morgan fingerprint density at radius 2 is 1.88 bits per heavy atom. The third-order valence-corrected chi connectivity index (χ3v) is 3.88. The number of hydrogen-bond donors (Lipinski definition) is 0. The quantitative estimate of drug-likeness (QED) is 0.527. The standard InChI is InChI=1S/C12H12Cl2F2/c13-9(4-7-2-1-3-7)8-5-11(15)12(16)6-10(8)14/h5-7,9H,1-4H2. The van der Waals surface area contributed by atoms with E-state index in [-0.39, 0.29) is 10.4 Å². The highest BCUT2D eigenvalue weighted by Gasteiger charge is 2.23. The molecule has 0 saturated heterocycles. The number of benzene rings is 1. The molecule has 4 heteroatoms. The van der Waals surface area contributed by atoms with Crippen molar-refractivity contribution in [2.45, 2.75) is 31.1 Å². The van der Waals surface area contributed by atoms with Crippen LogP contribution in [-0.2, 0) is 0 Å². The van der Waals surface area contributed by atoms with Gasteiger partial charge in [0.2, 0.25) is 0 Å². The summed E-state index contributed by atoms with van der Waals surface area (Å²) in [5.41, 5.74) is 0.495. The molecule has 1 atom stereocenters. The molecule has 88 valence electrons. The van der Waals surface area contributed by atoms with Gasteiger partial charge in [0.25, 0.3) is 0 Å². The first-order valence-electron chi connectivity index (χ1n) is 5.36. The summed E-state index contributed by atoms with van der Waals surface area (Å²) >= 11 is 12.0. The zero-order valence-corrected chi connectivity index (χ0v) is 10.2. The molecule has 1 unspecified atom stereocenters. The molecule has 2 rings (SSSR count). The van der Waals surface area contributed by atoms with Crippen LogP contribution < -0.4 is 0 Å². The van der Waals surface area contributed by atoms with E-state index < -0.39 is 11.6 Å². The van der Waals surface area contributed by atoms with Crippen molar-refractivity contribution in [1.82, 2.24) is 0 Å². The maximum absolute atomic E-state index is 13.1. The number of alkyl halides is 1. The van der Waals surface area contributed by atoms with Crippen molar-refractivity contribution in [2.24, 2.45) is 5.92 Å². The van der Waals surface area contributed by atoms with Crippen LogP contribution in [0.3, 0.4) is 0 Å². The lowest BCUT2D eigenvalue weighted by Crippen LogP contribution is -2.13. The van der Waals surface area contributed by atoms with E-state index in [4.69, 9.17) is 23.2 Å². The van der Waals surface area contributed by atoms with E-state index in [1.54, 1.807) is 0 Å². The van der Waals surface area contributed by atoms with Gasteiger partial charge in [-0.05, 0) is 30.0 Å². The van der Waals surface area contributed by atoms with Gasteiger partial charge in [-0.25, -0.2) is 8.78 Å². The minimum absolute atomic E-state index is 0.207. The van der Waals surface area contributed by atoms with Crippen molar-refractivity contribution in [3.8, 4) is 0 Å². The minimum atomic E-state index is -0.929. The van der Waals surface area contributed by atoms with E-state index in [0.717, 1.165) is 18.6 Å². The normalized spacial score (nSPS) is 18.2. The lowest BCUT2D eigenvalue weighted by molar-refractivity contribution is 0.293. The van der Waals surface area contributed by atoms with Crippen molar-refractivity contribution in [3.05, 3.63) is 34.4 Å². The summed E-state index contributed by atoms with van der Waals surface area (Å²) in [6.07, 6.45) is 4.36. The Labute approximate surface area is 104 Å². The number of rotatable bonds is 3. The molecule has 0 bridgehead atoms. The van der Waals surface area contributed by atoms with Gasteiger partial charge in [0, 0.05) is 5.02 Å². The lowest BCUT2D eigenvalue weighted by Gasteiger charge is -2.27. The molecule has 0 aromatic heterocycles. The van der Waals surface area contributed by atoms with Gasteiger partial charge in [0.05, 0.1) is 5.38 Å². The Bertz CT molecular complexity index is 389. The van der Waals surface area contributed by atoms with Crippen molar-refractivity contribution in [2.75, 3.05) is 0 Å². The Morgan fingerprint density at radius 3 is 2.44 bits per heavy atom. The fourth-order valence-electron chi connectivity index (χ4n) is 1.93. The molecule has 0 amide bonds. The maximum atomic E-state index is 13.1. The number of hydrogen-bond acceptors (Lipinski definition) is 0. The van der Waals surface area contributed by atoms with Crippen LogP contribution in [-0.4, -0.2) is 0 Å². The van der Waals surface area contributed by atoms with Gasteiger partial charge >= 0.3 is 0 Å². The fraction of sp³-hybridized carbons (Fsp3) is 0.500. The Kier molecular flexibility index (Phi) is 3.70. The largest absolute Gasteiger partial charge is 0.204 e. The molecule has 0 spiro atoms. The minimum Gasteiger partial charge on any atom is -0.204 e. The van der Waals surface area contributed by atoms with Gasteiger partial charge in [-0.2, -0.15) is 0 Å². The molecule has 1 aromatic carbocycles. The summed E-state index contributed by atoms with van der Waals surface area (Å²) in [5.74, 6) is -1.22. The van der Waals surface area contributed by atoms with Crippen molar-refractivity contribution >= 4 is 23.2 Å². The first-order valence-corrected chi connectivity index (χ1v) is 6.18. The van der Waals surface area contributed by atoms with Gasteiger partial charge < -0.3 is 0 Å². The van der Waals surface area contributed by atoms with Crippen LogP contribution in [0.25, 0.3) is 0 Å². The Hall–Kier alpha value is -0.340. The van der Waals surface area contributed by atoms with E-state index in [2.05, 4.69) is 0 Å². The molecule has 0 N–H and O–H groups in total. The first kappa shape index (κ1) is 12.1. The van der Waals surface area contributed by atoms with Gasteiger partial charge in [-0.3, -0.25) is 0 Å². The van der Waals surface area contributed by atoms with E-state index >= 15 is 0 Å². The second kappa shape index (κ2) is 4.89. The summed E-state index contributed by atoms with van der Waals surface area (Å²) in [6, 6.07) is 2.09. The highest BCUT2D eigenvalue weighted by molar-refractivity contribution is 6.32. The highest BCUT2D eigenvalue weighted by Crippen LogP contribution is 2.40. The van der Waals surface area contributed by atoms with Crippen LogP contribution >= 0.6 is 23.2 Å². The van der Waals surface area contributed by atoms with Crippen molar-refractivity contribution in [1.29, 1.82) is 0 Å². The van der Waals surface area contributed by atoms with E-state index in [1.807, 2.05) is 0 Å². The van der Waals surface area contributed by atoms with Crippen LogP contribution in [0.1, 0.15) is 36.6 Å². The second-order valence-electron chi connectivity index (χ2n) is 4.29. The van der Waals surface area contributed by atoms with Crippen molar-refractivity contribution in [3.63, 3.8) is 0 Å². The highest BCUT2D eigenvalue weighted by atomic mass is 35.5. The SMILES string of the molecule is Fc1cc(Cl)c(C(Cl)CC2CCC2)cc1F. The Balaban J connectivity index is 2.14. The fourth-order valence-corrected chi connectivity index (χ4v) is 2.70. The predicted molar refractivity (Wildman–Crippen MR) is 61.9 cm³/mol. The summed E-state index contributed by atoms with van der Waals surface area (Å²) in [6.45, 7) is 0. The third kappa shape index (κ3) is 2.49. The topological polar surface area (TPSA) is 0 Å². The molecular weight excluding hydrogens is 253 g/mol. The summed E-state index contributed by atoms with van der Waals surface area (Å²) < 4.78 is 25.9. The smallest absolute Gasteiger partial charge is 0.160 e. The molecule has 0 radical (unpaired) electrons. The second-order valence-corrected chi connectivity index (χ2v) is 5.22. The van der Waals surface area contributed by atoms with Gasteiger partial charge in [-0.1, -0.05) is 30.9 Å². The maximum Gasteiger partial charge on any atom is 0.160 e. The molecule has 1 aliphatic rings. The Morgan fingerprint density at radius 1 is 1.25 bits per heavy atom. The third-order valence-electron chi connectivity index (χ3n) is 3.14. The zero-order chi connectivity index (χ0) is 11.7. The van der Waals surface area contributed by atoms with Crippen LogP contribution in [0.2, 0.25) is 5.02 Å². The monoisotopic (exact) mass is 264 g/mol. The van der Waals surface area contributed by atoms with Crippen LogP contribution in [0.4, 0.5) is 8.78 Å². The molecular formula is C12H12Cl2F2. The average molecular weight is 265 g/mol. The van der Waals surface area contributed by atoms with Crippen molar-refractivity contribution < 1.29 is 8.78 Å². The molecule has 1 aromatic rings. The molecule has 1 fully saturated rings. The van der Waals surface area contributed by atoms with Crippen LogP contribution in [0.5, 0.6) is 0 Å². The van der Waals surface area contributed by atoms with Gasteiger partial charge in [0.15, 0.2) is 11.6 Å². The molecule has 0 heterocycles. The van der Waals surface area contributed by atoms with E-state index in [0.29, 0.717) is 11.5 Å². The summed E-state index contributed by atoms with van der Waals surface area (Å²) in [7, 11) is 0. The van der Waals surface area contributed by atoms with Crippen LogP contribution in [0.15, 0.2) is 12.1 Å². The van der Waals surface area contributed by atoms with Gasteiger partial charge in [0.1, 0.15) is 0 Å². The zero-order valence-electron chi connectivity index (χ0n) is 8.65. The average Bonchev–Trinajstić information content (AvgIpc) is 2.17. The summed E-state index contributed by atoms with van der Waals surface area (Å²) in [5, 5.41) is -0.119. The molecule has 0 nitrogen and oxygen atoms in total. The summed E-state index contributed by atoms with van der Waals surface area (Å²) in [4.78, 5) is 0. The van der Waals surface area contributed by atoms with Crippen LogP contribution in [0, 0.1) is 17.6 Å². The first-order chi connectivity index (χ1) is 7.58. The van der Waals surface area contributed by atoms with E-state index in [1.165, 1.54) is 19.3 Å². The predicted octanol–water partition coefficient (Wildman–Crippen LogP) is 5.09. The van der Waals surface area contributed by atoms with E-state index in [9.17, 15) is 8.78 Å². The van der Waals surface area contributed by atoms with Gasteiger partial charge in [-0.15, -0.1) is 11.6 Å². The molecule has 1 saturated carbocycles. The lowest BCUT2D eigenvalue weighted by atomic mass is 9.81. The molecule has 0 aliphatic heterocycles.